The number of nitrogens with two attached hydrogens (primary N) is 1. The zero-order valence-corrected chi connectivity index (χ0v) is 10.3. The number of hydrogen-bond acceptors (Lipinski definition) is 4. The lowest BCUT2D eigenvalue weighted by Crippen LogP contribution is -2.47. The van der Waals surface area contributed by atoms with Crippen molar-refractivity contribution in [2.75, 3.05) is 13.6 Å². The molecule has 92 valence electrons. The van der Waals surface area contributed by atoms with Crippen LogP contribution in [0, 0.1) is 0 Å². The highest BCUT2D eigenvalue weighted by molar-refractivity contribution is 5.80. The van der Waals surface area contributed by atoms with Crippen LogP contribution in [0.5, 0.6) is 5.75 Å². The number of aliphatic imine (C=N–C) groups is 1. The van der Waals surface area contributed by atoms with Crippen molar-refractivity contribution in [3.8, 4) is 5.75 Å². The van der Waals surface area contributed by atoms with E-state index in [0.29, 0.717) is 11.7 Å². The molecule has 0 radical (unpaired) electrons. The van der Waals surface area contributed by atoms with E-state index >= 15 is 0 Å². The summed E-state index contributed by atoms with van der Waals surface area (Å²) in [6, 6.07) is 7.36. The van der Waals surface area contributed by atoms with E-state index in [9.17, 15) is 5.11 Å². The van der Waals surface area contributed by atoms with Crippen LogP contribution in [0.25, 0.3) is 0 Å². The summed E-state index contributed by atoms with van der Waals surface area (Å²) in [5.41, 5.74) is 7.03. The molecule has 3 N–H and O–H groups in total. The predicted octanol–water partition coefficient (Wildman–Crippen LogP) is 1.34. The van der Waals surface area contributed by atoms with Crippen LogP contribution < -0.4 is 5.73 Å². The molecule has 4 heteroatoms. The quantitative estimate of drug-likeness (QED) is 0.828. The largest absolute Gasteiger partial charge is 0.508 e. The van der Waals surface area contributed by atoms with Gasteiger partial charge in [-0.25, -0.2) is 0 Å². The Morgan fingerprint density at radius 1 is 1.41 bits per heavy atom. The molecule has 0 aromatic heterocycles. The van der Waals surface area contributed by atoms with Crippen LogP contribution in [-0.2, 0) is 6.42 Å². The average molecular weight is 233 g/mol. The van der Waals surface area contributed by atoms with Crippen molar-refractivity contribution in [3.63, 3.8) is 0 Å². The Bertz CT molecular complexity index is 427. The number of phenols is 1. The zero-order chi connectivity index (χ0) is 12.5. The van der Waals surface area contributed by atoms with E-state index < -0.39 is 0 Å². The molecule has 0 saturated carbocycles. The molecule has 1 unspecified atom stereocenters. The summed E-state index contributed by atoms with van der Waals surface area (Å²) in [4.78, 5) is 6.33. The molecule has 1 atom stereocenters. The van der Waals surface area contributed by atoms with Gasteiger partial charge in [0, 0.05) is 7.05 Å². The summed E-state index contributed by atoms with van der Waals surface area (Å²) < 4.78 is 0. The molecule has 2 rings (SSSR count). The molecular weight excluding hydrogens is 214 g/mol. The van der Waals surface area contributed by atoms with Crippen molar-refractivity contribution in [2.24, 2.45) is 10.7 Å². The van der Waals surface area contributed by atoms with Crippen LogP contribution in [0.4, 0.5) is 0 Å². The number of aryl methyl sites for hydroxylation is 1. The molecule has 0 fully saturated rings. The smallest absolute Gasteiger partial charge is 0.191 e. The summed E-state index contributed by atoms with van der Waals surface area (Å²) in [5, 5.41) is 9.22. The fraction of sp³-hybridized carbons (Fsp3) is 0.462. The van der Waals surface area contributed by atoms with E-state index in [1.165, 1.54) is 5.56 Å². The van der Waals surface area contributed by atoms with Crippen LogP contribution in [-0.4, -0.2) is 35.1 Å². The van der Waals surface area contributed by atoms with Crippen LogP contribution in [0.2, 0.25) is 0 Å². The Morgan fingerprint density at radius 2 is 2.06 bits per heavy atom. The molecule has 1 aromatic rings. The van der Waals surface area contributed by atoms with Crippen LogP contribution in [0.1, 0.15) is 18.9 Å². The van der Waals surface area contributed by atoms with Gasteiger partial charge in [0.2, 0.25) is 0 Å². The first-order valence-electron chi connectivity index (χ1n) is 5.83. The minimum Gasteiger partial charge on any atom is -0.508 e. The topological polar surface area (TPSA) is 61.8 Å². The summed E-state index contributed by atoms with van der Waals surface area (Å²) >= 11 is 0. The lowest BCUT2D eigenvalue weighted by molar-refractivity contribution is 0.244. The normalized spacial score (nSPS) is 23.9. The second-order valence-electron chi connectivity index (χ2n) is 4.90. The number of nitrogens with zero attached hydrogens (tertiary/aromatic N) is 2. The third kappa shape index (κ3) is 2.35. The van der Waals surface area contributed by atoms with Gasteiger partial charge in [0.15, 0.2) is 5.96 Å². The SMILES string of the molecule is CN1C(N)=NCC1(C)CCc1ccc(O)cc1. The highest BCUT2D eigenvalue weighted by Gasteiger charge is 2.34. The molecule has 1 aliphatic heterocycles. The molecule has 0 saturated heterocycles. The Kier molecular flexibility index (Phi) is 2.96. The molecule has 1 aliphatic rings. The number of hydrogen-bond donors (Lipinski definition) is 2. The number of benzene rings is 1. The van der Waals surface area contributed by atoms with Gasteiger partial charge in [-0.3, -0.25) is 4.99 Å². The number of rotatable bonds is 3. The van der Waals surface area contributed by atoms with Gasteiger partial charge in [0.1, 0.15) is 5.75 Å². The van der Waals surface area contributed by atoms with E-state index in [1.54, 1.807) is 12.1 Å². The van der Waals surface area contributed by atoms with Gasteiger partial charge in [-0.05, 0) is 37.5 Å². The molecule has 0 spiro atoms. The summed E-state index contributed by atoms with van der Waals surface area (Å²) in [6.07, 6.45) is 1.96. The average Bonchev–Trinajstić information content (AvgIpc) is 2.58. The summed E-state index contributed by atoms with van der Waals surface area (Å²) in [6.45, 7) is 2.93. The van der Waals surface area contributed by atoms with Gasteiger partial charge in [-0.1, -0.05) is 12.1 Å². The van der Waals surface area contributed by atoms with Gasteiger partial charge in [-0.2, -0.15) is 0 Å². The molecule has 17 heavy (non-hydrogen) atoms. The minimum atomic E-state index is 0.0158. The summed E-state index contributed by atoms with van der Waals surface area (Å²) in [5.74, 6) is 0.934. The molecule has 0 bridgehead atoms. The molecule has 4 nitrogen and oxygen atoms in total. The van der Waals surface area contributed by atoms with Crippen LogP contribution in [0.15, 0.2) is 29.3 Å². The van der Waals surface area contributed by atoms with Gasteiger partial charge < -0.3 is 15.7 Å². The standard InChI is InChI=1S/C13H19N3O/c1-13(9-15-12(14)16(13)2)8-7-10-3-5-11(17)6-4-10/h3-6,17H,7-9H2,1-2H3,(H2,14,15). The Labute approximate surface area is 102 Å². The minimum absolute atomic E-state index is 0.0158. The van der Waals surface area contributed by atoms with Gasteiger partial charge in [-0.15, -0.1) is 0 Å². The van der Waals surface area contributed by atoms with E-state index in [2.05, 4.69) is 11.9 Å². The second kappa shape index (κ2) is 4.28. The van der Waals surface area contributed by atoms with Crippen molar-refractivity contribution >= 4 is 5.96 Å². The first-order valence-corrected chi connectivity index (χ1v) is 5.83. The van der Waals surface area contributed by atoms with E-state index in [-0.39, 0.29) is 5.54 Å². The zero-order valence-electron chi connectivity index (χ0n) is 10.3. The van der Waals surface area contributed by atoms with E-state index in [4.69, 9.17) is 5.73 Å². The number of likely N-dealkylation sites (N-methyl/N-ethyl adjacent to an activating group) is 1. The van der Waals surface area contributed by atoms with E-state index in [1.807, 2.05) is 24.1 Å². The lowest BCUT2D eigenvalue weighted by Gasteiger charge is -2.33. The second-order valence-corrected chi connectivity index (χ2v) is 4.90. The molecule has 1 heterocycles. The third-order valence-corrected chi connectivity index (χ3v) is 3.62. The predicted molar refractivity (Wildman–Crippen MR) is 69.1 cm³/mol. The Morgan fingerprint density at radius 3 is 2.59 bits per heavy atom. The maximum absolute atomic E-state index is 9.22. The Hall–Kier alpha value is -1.71. The molecule has 0 amide bonds. The van der Waals surface area contributed by atoms with Crippen LogP contribution in [0.3, 0.4) is 0 Å². The van der Waals surface area contributed by atoms with Crippen LogP contribution >= 0.6 is 0 Å². The number of phenolic OH excluding ortho intramolecular Hbond substituents is 1. The van der Waals surface area contributed by atoms with Crippen molar-refractivity contribution in [1.29, 1.82) is 0 Å². The maximum Gasteiger partial charge on any atom is 0.191 e. The molecular formula is C13H19N3O. The summed E-state index contributed by atoms with van der Waals surface area (Å²) in [7, 11) is 1.99. The number of aromatic hydroxyl groups is 1. The van der Waals surface area contributed by atoms with Gasteiger partial charge >= 0.3 is 0 Å². The first kappa shape index (κ1) is 11.8. The van der Waals surface area contributed by atoms with E-state index in [0.717, 1.165) is 19.4 Å². The van der Waals surface area contributed by atoms with Crippen molar-refractivity contribution in [3.05, 3.63) is 29.8 Å². The Balaban J connectivity index is 1.97. The number of guanidine groups is 1. The third-order valence-electron chi connectivity index (χ3n) is 3.62. The van der Waals surface area contributed by atoms with Gasteiger partial charge in [0.05, 0.1) is 12.1 Å². The monoisotopic (exact) mass is 233 g/mol. The van der Waals surface area contributed by atoms with Gasteiger partial charge in [0.25, 0.3) is 0 Å². The highest BCUT2D eigenvalue weighted by Crippen LogP contribution is 2.25. The maximum atomic E-state index is 9.22. The molecule has 0 aliphatic carbocycles. The fourth-order valence-corrected chi connectivity index (χ4v) is 2.06. The fourth-order valence-electron chi connectivity index (χ4n) is 2.06. The highest BCUT2D eigenvalue weighted by atomic mass is 16.3. The first-order chi connectivity index (χ1) is 8.01. The lowest BCUT2D eigenvalue weighted by atomic mass is 9.93. The van der Waals surface area contributed by atoms with Crippen molar-refractivity contribution in [2.45, 2.75) is 25.3 Å². The molecule has 1 aromatic carbocycles. The van der Waals surface area contributed by atoms with Crippen molar-refractivity contribution in [1.82, 2.24) is 4.90 Å². The van der Waals surface area contributed by atoms with Crippen molar-refractivity contribution < 1.29 is 5.11 Å².